The normalized spacial score (nSPS) is 14.0. The molecule has 28 heavy (non-hydrogen) atoms. The molecule has 2 amide bonds. The lowest BCUT2D eigenvalue weighted by Crippen LogP contribution is -2.38. The molecular weight excluding hydrogens is 495 g/mol. The van der Waals surface area contributed by atoms with Crippen molar-refractivity contribution in [1.29, 1.82) is 0 Å². The smallest absolute Gasteiger partial charge is 0.307 e. The van der Waals surface area contributed by atoms with Gasteiger partial charge in [-0.15, -0.1) is 0 Å². The van der Waals surface area contributed by atoms with E-state index >= 15 is 0 Å². The number of carbonyl (C=O) groups is 3. The summed E-state index contributed by atoms with van der Waals surface area (Å²) >= 11 is 8.10. The lowest BCUT2D eigenvalue weighted by atomic mass is 10.1. The lowest BCUT2D eigenvalue weighted by Gasteiger charge is -2.23. The minimum absolute atomic E-state index is 0.0348. The third-order valence-corrected chi connectivity index (χ3v) is 5.19. The van der Waals surface area contributed by atoms with Gasteiger partial charge in [-0.2, -0.15) is 0 Å². The summed E-state index contributed by atoms with van der Waals surface area (Å²) in [5.74, 6) is -0.952. The Kier molecular flexibility index (Phi) is 6.56. The number of anilines is 2. The van der Waals surface area contributed by atoms with Crippen molar-refractivity contribution in [2.24, 2.45) is 0 Å². The summed E-state index contributed by atoms with van der Waals surface area (Å²) in [6.07, 6.45) is 0.0348. The molecule has 0 unspecified atom stereocenters. The zero-order valence-corrected chi connectivity index (χ0v) is 18.1. The van der Waals surface area contributed by atoms with Crippen LogP contribution in [0.25, 0.3) is 0 Å². The molecule has 146 valence electrons. The van der Waals surface area contributed by atoms with E-state index in [2.05, 4.69) is 22.6 Å². The van der Waals surface area contributed by atoms with Crippen molar-refractivity contribution in [3.63, 3.8) is 0 Å². The van der Waals surface area contributed by atoms with Crippen LogP contribution in [-0.2, 0) is 14.3 Å². The van der Waals surface area contributed by atoms with Crippen molar-refractivity contribution >= 4 is 63.4 Å². The first-order valence-electron chi connectivity index (χ1n) is 8.73. The average Bonchev–Trinajstić information content (AvgIpc) is 2.76. The van der Waals surface area contributed by atoms with E-state index in [0.717, 1.165) is 3.57 Å². The molecule has 0 saturated heterocycles. The Bertz CT molecular complexity index is 917. The molecule has 1 aliphatic heterocycles. The van der Waals surface area contributed by atoms with Gasteiger partial charge in [0.05, 0.1) is 24.3 Å². The Morgan fingerprint density at radius 3 is 2.57 bits per heavy atom. The van der Waals surface area contributed by atoms with Gasteiger partial charge in [0.15, 0.2) is 0 Å². The van der Waals surface area contributed by atoms with Gasteiger partial charge in [0, 0.05) is 20.8 Å². The van der Waals surface area contributed by atoms with Crippen molar-refractivity contribution in [3.05, 3.63) is 56.6 Å². The predicted molar refractivity (Wildman–Crippen MR) is 115 cm³/mol. The first-order valence-corrected chi connectivity index (χ1v) is 10.2. The highest BCUT2D eigenvalue weighted by Crippen LogP contribution is 2.34. The van der Waals surface area contributed by atoms with Crippen LogP contribution in [0.15, 0.2) is 42.5 Å². The maximum absolute atomic E-state index is 13.1. The molecule has 2 aromatic rings. The summed E-state index contributed by atoms with van der Waals surface area (Å²) in [6, 6.07) is 12.2. The second kappa shape index (κ2) is 8.91. The van der Waals surface area contributed by atoms with Gasteiger partial charge in [0.1, 0.15) is 6.54 Å². The molecule has 0 atom stereocenters. The van der Waals surface area contributed by atoms with Gasteiger partial charge in [-0.25, -0.2) is 0 Å². The second-order valence-corrected chi connectivity index (χ2v) is 7.83. The molecule has 0 aromatic heterocycles. The summed E-state index contributed by atoms with van der Waals surface area (Å²) in [7, 11) is 0. The van der Waals surface area contributed by atoms with Gasteiger partial charge >= 0.3 is 5.97 Å². The Balaban J connectivity index is 1.99. The minimum atomic E-state index is -0.399. The third kappa shape index (κ3) is 4.47. The summed E-state index contributed by atoms with van der Waals surface area (Å²) in [5.41, 5.74) is 1.55. The molecule has 0 fully saturated rings. The average molecular weight is 513 g/mol. The second-order valence-electron chi connectivity index (χ2n) is 6.15. The van der Waals surface area contributed by atoms with Gasteiger partial charge < -0.3 is 9.64 Å². The zero-order chi connectivity index (χ0) is 20.3. The molecule has 1 heterocycles. The molecule has 1 aliphatic rings. The van der Waals surface area contributed by atoms with Crippen molar-refractivity contribution in [1.82, 2.24) is 4.90 Å². The Labute approximate surface area is 181 Å². The van der Waals surface area contributed by atoms with E-state index < -0.39 is 5.97 Å². The van der Waals surface area contributed by atoms with E-state index in [-0.39, 0.29) is 37.9 Å². The first kappa shape index (κ1) is 20.6. The summed E-state index contributed by atoms with van der Waals surface area (Å²) in [5, 5.41) is 0.556. The molecule has 0 aliphatic carbocycles. The lowest BCUT2D eigenvalue weighted by molar-refractivity contribution is -0.143. The molecule has 0 N–H and O–H groups in total. The number of hydrogen-bond acceptors (Lipinski definition) is 4. The molecule has 8 heteroatoms. The minimum Gasteiger partial charge on any atom is -0.466 e. The number of fused-ring (bicyclic) bond motifs is 1. The van der Waals surface area contributed by atoms with Crippen LogP contribution in [0.4, 0.5) is 11.4 Å². The highest BCUT2D eigenvalue weighted by Gasteiger charge is 2.32. The van der Waals surface area contributed by atoms with Crippen molar-refractivity contribution in [2.45, 2.75) is 13.3 Å². The van der Waals surface area contributed by atoms with Gasteiger partial charge in [-0.1, -0.05) is 11.6 Å². The highest BCUT2D eigenvalue weighted by molar-refractivity contribution is 14.1. The fourth-order valence-corrected chi connectivity index (χ4v) is 3.62. The molecule has 0 saturated carbocycles. The zero-order valence-electron chi connectivity index (χ0n) is 15.2. The van der Waals surface area contributed by atoms with E-state index in [1.54, 1.807) is 43.3 Å². The van der Waals surface area contributed by atoms with E-state index in [1.165, 1.54) is 9.80 Å². The number of hydrogen-bond donors (Lipinski definition) is 0. The van der Waals surface area contributed by atoms with E-state index in [1.807, 2.05) is 6.07 Å². The van der Waals surface area contributed by atoms with Crippen LogP contribution in [-0.4, -0.2) is 42.4 Å². The summed E-state index contributed by atoms with van der Waals surface area (Å²) in [4.78, 5) is 40.8. The van der Waals surface area contributed by atoms with Crippen molar-refractivity contribution < 1.29 is 19.1 Å². The molecule has 0 spiro atoms. The van der Waals surface area contributed by atoms with E-state index in [0.29, 0.717) is 22.0 Å². The molecule has 3 rings (SSSR count). The SMILES string of the molecule is CCOC(=O)CCN1CC(=O)N(c2ccc(Cl)cc2)c2ccc(I)cc2C1=O. The standard InChI is InChI=1S/C20H18ClIN2O4/c1-2-28-19(26)9-10-23-12-18(25)24(15-6-3-13(21)4-7-15)17-8-5-14(22)11-16(17)20(23)27/h3-8,11H,2,9-10,12H2,1H3. The highest BCUT2D eigenvalue weighted by atomic mass is 127. The molecule has 0 radical (unpaired) electrons. The van der Waals surface area contributed by atoms with E-state index in [9.17, 15) is 14.4 Å². The largest absolute Gasteiger partial charge is 0.466 e. The quantitative estimate of drug-likeness (QED) is 0.448. The molecule has 0 bridgehead atoms. The molecular formula is C20H18ClIN2O4. The third-order valence-electron chi connectivity index (χ3n) is 4.27. The monoisotopic (exact) mass is 512 g/mol. The fraction of sp³-hybridized carbons (Fsp3) is 0.250. The number of benzene rings is 2. The number of rotatable bonds is 5. The summed E-state index contributed by atoms with van der Waals surface area (Å²) in [6.45, 7) is 1.98. The fourth-order valence-electron chi connectivity index (χ4n) is 3.00. The van der Waals surface area contributed by atoms with Crippen molar-refractivity contribution in [3.8, 4) is 0 Å². The Morgan fingerprint density at radius 1 is 1.18 bits per heavy atom. The predicted octanol–water partition coefficient (Wildman–Crippen LogP) is 4.02. The number of nitrogens with zero attached hydrogens (tertiary/aromatic N) is 2. The Morgan fingerprint density at radius 2 is 1.89 bits per heavy atom. The number of amides is 2. The Hall–Kier alpha value is -2.13. The number of esters is 1. The van der Waals surface area contributed by atoms with Gasteiger partial charge in [-0.05, 0) is 72.0 Å². The van der Waals surface area contributed by atoms with Gasteiger partial charge in [0.2, 0.25) is 0 Å². The van der Waals surface area contributed by atoms with Crippen LogP contribution in [0.3, 0.4) is 0 Å². The number of carbonyl (C=O) groups excluding carboxylic acids is 3. The first-order chi connectivity index (χ1) is 13.4. The van der Waals surface area contributed by atoms with Crippen LogP contribution < -0.4 is 4.90 Å². The van der Waals surface area contributed by atoms with Crippen LogP contribution in [0.5, 0.6) is 0 Å². The van der Waals surface area contributed by atoms with Crippen LogP contribution in [0.2, 0.25) is 5.02 Å². The van der Waals surface area contributed by atoms with Gasteiger partial charge in [-0.3, -0.25) is 19.3 Å². The van der Waals surface area contributed by atoms with Crippen LogP contribution in [0.1, 0.15) is 23.7 Å². The van der Waals surface area contributed by atoms with Crippen LogP contribution in [0, 0.1) is 3.57 Å². The summed E-state index contributed by atoms with van der Waals surface area (Å²) < 4.78 is 5.81. The maximum Gasteiger partial charge on any atom is 0.307 e. The number of ether oxygens (including phenoxy) is 1. The van der Waals surface area contributed by atoms with E-state index in [4.69, 9.17) is 16.3 Å². The maximum atomic E-state index is 13.1. The molecule has 2 aromatic carbocycles. The van der Waals surface area contributed by atoms with Crippen molar-refractivity contribution in [2.75, 3.05) is 24.6 Å². The van der Waals surface area contributed by atoms with Gasteiger partial charge in [0.25, 0.3) is 11.8 Å². The van der Waals surface area contributed by atoms with Crippen LogP contribution >= 0.6 is 34.2 Å². The topological polar surface area (TPSA) is 66.9 Å². The molecule has 6 nitrogen and oxygen atoms in total. The number of halogens is 2.